The van der Waals surface area contributed by atoms with Crippen LogP contribution in [0.1, 0.15) is 31.0 Å². The number of halogens is 1. The van der Waals surface area contributed by atoms with Gasteiger partial charge in [-0.2, -0.15) is 5.26 Å². The van der Waals surface area contributed by atoms with Crippen molar-refractivity contribution in [2.45, 2.75) is 31.6 Å². The van der Waals surface area contributed by atoms with Gasteiger partial charge in [0, 0.05) is 18.7 Å². The van der Waals surface area contributed by atoms with E-state index in [0.29, 0.717) is 30.0 Å². The Bertz CT molecular complexity index is 792. The van der Waals surface area contributed by atoms with Gasteiger partial charge in [-0.15, -0.1) is 12.4 Å². The van der Waals surface area contributed by atoms with E-state index in [4.69, 9.17) is 9.84 Å². The maximum Gasteiger partial charge on any atom is 0.317 e. The third kappa shape index (κ3) is 4.00. The number of aliphatic hydroxyl groups excluding tert-OH is 1. The number of fused-ring (bicyclic) bond motifs is 1. The van der Waals surface area contributed by atoms with Crippen molar-refractivity contribution < 1.29 is 24.5 Å². The predicted molar refractivity (Wildman–Crippen MR) is 97.6 cm³/mol. The lowest BCUT2D eigenvalue weighted by molar-refractivity contribution is -0.152. The van der Waals surface area contributed by atoms with Crippen molar-refractivity contribution in [2.75, 3.05) is 26.2 Å². The number of aliphatic carboxylic acids is 1. The van der Waals surface area contributed by atoms with Crippen molar-refractivity contribution in [3.05, 3.63) is 29.3 Å². The molecule has 2 atom stereocenters. The molecule has 2 aliphatic heterocycles. The first-order valence-corrected chi connectivity index (χ1v) is 8.37. The smallest absolute Gasteiger partial charge is 0.317 e. The quantitative estimate of drug-likeness (QED) is 0.777. The van der Waals surface area contributed by atoms with E-state index in [9.17, 15) is 20.0 Å². The summed E-state index contributed by atoms with van der Waals surface area (Å²) < 4.78 is 5.88. The lowest BCUT2D eigenvalue weighted by atomic mass is 9.84. The van der Waals surface area contributed by atoms with E-state index in [1.807, 2.05) is 0 Å². The zero-order valence-corrected chi connectivity index (χ0v) is 15.9. The van der Waals surface area contributed by atoms with Crippen molar-refractivity contribution in [2.24, 2.45) is 0 Å². The molecular weight excluding hydrogens is 374 g/mol. The van der Waals surface area contributed by atoms with Gasteiger partial charge in [0.15, 0.2) is 0 Å². The number of nitrogens with zero attached hydrogens (tertiary/aromatic N) is 3. The van der Waals surface area contributed by atoms with Gasteiger partial charge in [-0.3, -0.25) is 14.5 Å². The Morgan fingerprint density at radius 2 is 2.11 bits per heavy atom. The highest BCUT2D eigenvalue weighted by molar-refractivity contribution is 5.85. The van der Waals surface area contributed by atoms with E-state index >= 15 is 0 Å². The van der Waals surface area contributed by atoms with Crippen LogP contribution in [0.3, 0.4) is 0 Å². The molecule has 0 saturated carbocycles. The first kappa shape index (κ1) is 21.0. The maximum atomic E-state index is 12.7. The first-order valence-electron chi connectivity index (χ1n) is 8.37. The molecule has 1 amide bonds. The Kier molecular flexibility index (Phi) is 6.00. The summed E-state index contributed by atoms with van der Waals surface area (Å²) in [6.07, 6.45) is -0.987. The molecule has 8 nitrogen and oxygen atoms in total. The number of benzene rings is 1. The van der Waals surface area contributed by atoms with Crippen LogP contribution in [0.5, 0.6) is 5.75 Å². The van der Waals surface area contributed by atoms with E-state index in [2.05, 4.69) is 6.07 Å². The van der Waals surface area contributed by atoms with E-state index in [0.717, 1.165) is 0 Å². The molecule has 1 aromatic carbocycles. The fraction of sp³-hybridized carbons (Fsp3) is 0.500. The average molecular weight is 396 g/mol. The van der Waals surface area contributed by atoms with Crippen molar-refractivity contribution in [3.63, 3.8) is 0 Å². The number of nitriles is 1. The van der Waals surface area contributed by atoms with Crippen LogP contribution >= 0.6 is 12.4 Å². The van der Waals surface area contributed by atoms with Gasteiger partial charge < -0.3 is 19.8 Å². The molecule has 2 heterocycles. The van der Waals surface area contributed by atoms with Gasteiger partial charge in [-0.1, -0.05) is 0 Å². The van der Waals surface area contributed by atoms with Crippen LogP contribution in [0.25, 0.3) is 0 Å². The second kappa shape index (κ2) is 7.72. The molecule has 2 aliphatic rings. The summed E-state index contributed by atoms with van der Waals surface area (Å²) in [7, 11) is 0. The van der Waals surface area contributed by atoms with Gasteiger partial charge in [0.1, 0.15) is 17.5 Å². The number of hydrogen-bond acceptors (Lipinski definition) is 6. The normalized spacial score (nSPS) is 24.2. The highest BCUT2D eigenvalue weighted by Crippen LogP contribution is 2.43. The zero-order chi connectivity index (χ0) is 19.1. The Morgan fingerprint density at radius 3 is 2.70 bits per heavy atom. The van der Waals surface area contributed by atoms with Crippen LogP contribution < -0.4 is 4.74 Å². The van der Waals surface area contributed by atoms with E-state index in [1.165, 1.54) is 0 Å². The van der Waals surface area contributed by atoms with E-state index < -0.39 is 23.7 Å². The Balaban J connectivity index is 0.00000261. The van der Waals surface area contributed by atoms with Gasteiger partial charge in [-0.05, 0) is 32.0 Å². The van der Waals surface area contributed by atoms with Gasteiger partial charge in [-0.25, -0.2) is 0 Å². The fourth-order valence-electron chi connectivity index (χ4n) is 3.53. The molecule has 9 heteroatoms. The second-order valence-corrected chi connectivity index (χ2v) is 7.15. The number of carboxylic acids is 1. The third-order valence-corrected chi connectivity index (χ3v) is 4.87. The maximum absolute atomic E-state index is 12.7. The number of rotatable bonds is 3. The predicted octanol–water partition coefficient (Wildman–Crippen LogP) is 0.782. The number of carbonyl (C=O) groups is 2. The molecule has 1 fully saturated rings. The number of aliphatic hydroxyl groups is 1. The lowest BCUT2D eigenvalue weighted by Gasteiger charge is -2.48. The first-order chi connectivity index (χ1) is 12.2. The summed E-state index contributed by atoms with van der Waals surface area (Å²) in [4.78, 5) is 26.7. The van der Waals surface area contributed by atoms with Crippen LogP contribution in [0.2, 0.25) is 0 Å². The number of carboxylic acid groups (broad SMARTS) is 1. The average Bonchev–Trinajstić information content (AvgIpc) is 2.56. The summed E-state index contributed by atoms with van der Waals surface area (Å²) >= 11 is 0. The molecule has 2 N–H and O–H groups in total. The molecule has 1 aromatic rings. The Morgan fingerprint density at radius 1 is 1.41 bits per heavy atom. The molecule has 0 bridgehead atoms. The molecule has 1 saturated heterocycles. The second-order valence-electron chi connectivity index (χ2n) is 7.15. The molecule has 3 rings (SSSR count). The summed E-state index contributed by atoms with van der Waals surface area (Å²) in [6.45, 7) is 3.96. The highest BCUT2D eigenvalue weighted by atomic mass is 35.5. The largest absolute Gasteiger partial charge is 0.485 e. The zero-order valence-electron chi connectivity index (χ0n) is 15.1. The molecular formula is C18H22ClN3O5. The summed E-state index contributed by atoms with van der Waals surface area (Å²) in [5.74, 6) is -0.708. The van der Waals surface area contributed by atoms with Crippen molar-refractivity contribution >= 4 is 24.3 Å². The van der Waals surface area contributed by atoms with Gasteiger partial charge in [0.25, 0.3) is 0 Å². The van der Waals surface area contributed by atoms with Crippen LogP contribution in [0.15, 0.2) is 18.2 Å². The van der Waals surface area contributed by atoms with Crippen molar-refractivity contribution in [1.29, 1.82) is 5.26 Å². The van der Waals surface area contributed by atoms with Gasteiger partial charge in [0.05, 0.1) is 30.8 Å². The van der Waals surface area contributed by atoms with Crippen LogP contribution in [0, 0.1) is 11.3 Å². The van der Waals surface area contributed by atoms with Crippen molar-refractivity contribution in [3.8, 4) is 11.8 Å². The lowest BCUT2D eigenvalue weighted by Crippen LogP contribution is -2.59. The standard InChI is InChI=1S/C18H21N3O5.ClH/c1-18(2)17(25)16(12-7-11(8-19)3-4-13(12)26-18)21-6-5-20(9-14(21)22)10-15(23)24;/h3-4,7,16-17,25H,5-6,9-10H2,1-2H3,(H,23,24);1H/t16-,17+;/m1./s1. The molecule has 27 heavy (non-hydrogen) atoms. The SMILES string of the molecule is CC1(C)Oc2ccc(C#N)cc2[C@@H](N2CCN(CC(=O)O)CC2=O)[C@@H]1O.Cl. The van der Waals surface area contributed by atoms with Gasteiger partial charge >= 0.3 is 5.97 Å². The Hall–Kier alpha value is -2.34. The number of piperazine rings is 1. The molecule has 0 unspecified atom stereocenters. The van der Waals surface area contributed by atoms with E-state index in [-0.39, 0.29) is 31.4 Å². The number of carbonyl (C=O) groups excluding carboxylic acids is 1. The minimum Gasteiger partial charge on any atom is -0.485 e. The van der Waals surface area contributed by atoms with Crippen LogP contribution in [-0.2, 0) is 9.59 Å². The third-order valence-electron chi connectivity index (χ3n) is 4.87. The van der Waals surface area contributed by atoms with E-state index in [1.54, 1.807) is 41.8 Å². The van der Waals surface area contributed by atoms with Crippen LogP contribution in [-0.4, -0.2) is 69.8 Å². The highest BCUT2D eigenvalue weighted by Gasteiger charge is 2.47. The van der Waals surface area contributed by atoms with Crippen LogP contribution in [0.4, 0.5) is 0 Å². The molecule has 146 valence electrons. The minimum atomic E-state index is -0.987. The molecule has 0 aromatic heterocycles. The Labute approximate surface area is 163 Å². The fourth-order valence-corrected chi connectivity index (χ4v) is 3.53. The summed E-state index contributed by atoms with van der Waals surface area (Å²) in [5.41, 5.74) is 0.0988. The van der Waals surface area contributed by atoms with Crippen molar-refractivity contribution in [1.82, 2.24) is 9.80 Å². The minimum absolute atomic E-state index is 0. The number of hydrogen-bond donors (Lipinski definition) is 2. The summed E-state index contributed by atoms with van der Waals surface area (Å²) in [5, 5.41) is 29.0. The topological polar surface area (TPSA) is 114 Å². The monoisotopic (exact) mass is 395 g/mol. The molecule has 0 aliphatic carbocycles. The number of ether oxygens (including phenoxy) is 1. The number of amides is 1. The van der Waals surface area contributed by atoms with Gasteiger partial charge in [0.2, 0.25) is 5.91 Å². The molecule has 0 radical (unpaired) electrons. The summed E-state index contributed by atoms with van der Waals surface area (Å²) in [6, 6.07) is 6.36. The molecule has 0 spiro atoms.